The number of aliphatic hydroxyl groups is 1. The lowest BCUT2D eigenvalue weighted by Gasteiger charge is -2.45. The molecule has 0 saturated carbocycles. The van der Waals surface area contributed by atoms with Gasteiger partial charge in [-0.05, 0) is 54.3 Å². The average molecular weight is 604 g/mol. The Hall–Kier alpha value is -2.76. The maximum absolute atomic E-state index is 15.2. The van der Waals surface area contributed by atoms with Gasteiger partial charge in [-0.15, -0.1) is 0 Å². The molecule has 1 aliphatic rings. The van der Waals surface area contributed by atoms with E-state index in [9.17, 15) is 14.7 Å². The summed E-state index contributed by atoms with van der Waals surface area (Å²) in [6, 6.07) is 21.8. The Morgan fingerprint density at radius 1 is 1.11 bits per heavy atom. The van der Waals surface area contributed by atoms with Crippen molar-refractivity contribution in [1.29, 1.82) is 0 Å². The minimum atomic E-state index is -1.16. The molecule has 1 aliphatic heterocycles. The van der Waals surface area contributed by atoms with Crippen molar-refractivity contribution in [2.75, 3.05) is 19.8 Å². The van der Waals surface area contributed by atoms with Crippen LogP contribution in [0.4, 0.5) is 9.18 Å². The highest BCUT2D eigenvalue weighted by molar-refractivity contribution is 9.10. The lowest BCUT2D eigenvalue weighted by atomic mass is 9.80. The number of rotatable bonds is 9. The third-order valence-corrected chi connectivity index (χ3v) is 8.17. The van der Waals surface area contributed by atoms with E-state index < -0.39 is 28.4 Å². The van der Waals surface area contributed by atoms with Gasteiger partial charge in [0.1, 0.15) is 5.82 Å². The second kappa shape index (κ2) is 13.3. The van der Waals surface area contributed by atoms with Gasteiger partial charge in [0.05, 0.1) is 30.7 Å². The third-order valence-electron chi connectivity index (χ3n) is 6.35. The van der Waals surface area contributed by atoms with Crippen LogP contribution in [-0.4, -0.2) is 43.0 Å². The van der Waals surface area contributed by atoms with Crippen molar-refractivity contribution >= 4 is 39.8 Å². The number of amides is 3. The largest absolute Gasteiger partial charge is 0.396 e. The molecule has 0 bridgehead atoms. The zero-order valence-corrected chi connectivity index (χ0v) is 22.8. The SMILES string of the molecule is O=C(NS[C@@]1(c2cc(Br)ccc2F)CO[C@@H](COCc2ccccc2)C[C@@H]1CO)NC(=O)c1ccccc1. The zero-order valence-electron chi connectivity index (χ0n) is 20.4. The van der Waals surface area contributed by atoms with Crippen molar-refractivity contribution in [1.82, 2.24) is 10.0 Å². The molecule has 4 rings (SSSR count). The van der Waals surface area contributed by atoms with Crippen LogP contribution in [0.1, 0.15) is 27.9 Å². The number of aliphatic hydroxyl groups excluding tert-OH is 1. The minimum Gasteiger partial charge on any atom is -0.396 e. The second-order valence-corrected chi connectivity index (χ2v) is 11.0. The van der Waals surface area contributed by atoms with Crippen LogP contribution < -0.4 is 10.0 Å². The normalized spacial score (nSPS) is 21.0. The number of urea groups is 1. The van der Waals surface area contributed by atoms with E-state index in [1.54, 1.807) is 42.5 Å². The molecule has 0 spiro atoms. The van der Waals surface area contributed by atoms with Crippen LogP contribution in [0.15, 0.2) is 83.3 Å². The number of benzene rings is 3. The third kappa shape index (κ3) is 7.00. The fourth-order valence-corrected chi connectivity index (χ4v) is 5.79. The van der Waals surface area contributed by atoms with Gasteiger partial charge in [0.2, 0.25) is 0 Å². The Morgan fingerprint density at radius 2 is 1.82 bits per heavy atom. The van der Waals surface area contributed by atoms with Crippen molar-refractivity contribution in [2.45, 2.75) is 23.9 Å². The lowest BCUT2D eigenvalue weighted by molar-refractivity contribution is -0.0857. The molecular weight excluding hydrogens is 575 g/mol. The number of hydrogen-bond acceptors (Lipinski definition) is 6. The number of halogens is 2. The Kier molecular flexibility index (Phi) is 9.92. The predicted octanol–water partition coefficient (Wildman–Crippen LogP) is 5.19. The summed E-state index contributed by atoms with van der Waals surface area (Å²) in [6.45, 7) is 0.445. The number of ether oxygens (including phenoxy) is 2. The topological polar surface area (TPSA) is 96.9 Å². The van der Waals surface area contributed by atoms with Crippen LogP contribution in [0.5, 0.6) is 0 Å². The van der Waals surface area contributed by atoms with Crippen LogP contribution in [0.25, 0.3) is 0 Å². The van der Waals surface area contributed by atoms with Crippen molar-refractivity contribution in [3.8, 4) is 0 Å². The van der Waals surface area contributed by atoms with E-state index in [1.165, 1.54) is 6.07 Å². The molecular formula is C28H28BrFN2O5S. The van der Waals surface area contributed by atoms with Crippen LogP contribution >= 0.6 is 27.9 Å². The second-order valence-electron chi connectivity index (χ2n) is 8.92. The summed E-state index contributed by atoms with van der Waals surface area (Å²) in [5.41, 5.74) is 1.63. The molecule has 0 unspecified atom stereocenters. The van der Waals surface area contributed by atoms with Crippen LogP contribution in [0, 0.1) is 11.7 Å². The predicted molar refractivity (Wildman–Crippen MR) is 147 cm³/mol. The maximum atomic E-state index is 15.2. The van der Waals surface area contributed by atoms with Gasteiger partial charge < -0.3 is 14.6 Å². The molecule has 38 heavy (non-hydrogen) atoms. The monoisotopic (exact) mass is 602 g/mol. The highest BCUT2D eigenvalue weighted by Gasteiger charge is 2.48. The molecule has 0 aliphatic carbocycles. The van der Waals surface area contributed by atoms with Crippen LogP contribution in [-0.2, 0) is 20.8 Å². The molecule has 7 nitrogen and oxygen atoms in total. The van der Waals surface area contributed by atoms with Crippen LogP contribution in [0.3, 0.4) is 0 Å². The molecule has 10 heteroatoms. The van der Waals surface area contributed by atoms with Gasteiger partial charge in [0, 0.05) is 28.1 Å². The smallest absolute Gasteiger partial charge is 0.331 e. The molecule has 1 saturated heterocycles. The first-order chi connectivity index (χ1) is 18.4. The summed E-state index contributed by atoms with van der Waals surface area (Å²) < 4.78 is 29.2. The molecule has 1 heterocycles. The van der Waals surface area contributed by atoms with E-state index >= 15 is 4.39 Å². The Labute approximate surface area is 233 Å². The summed E-state index contributed by atoms with van der Waals surface area (Å²) in [5, 5.41) is 12.7. The molecule has 3 aromatic carbocycles. The molecule has 1 fully saturated rings. The highest BCUT2D eigenvalue weighted by atomic mass is 79.9. The summed E-state index contributed by atoms with van der Waals surface area (Å²) >= 11 is 4.31. The highest BCUT2D eigenvalue weighted by Crippen LogP contribution is 2.48. The fourth-order valence-electron chi connectivity index (χ4n) is 4.37. The Morgan fingerprint density at radius 3 is 2.53 bits per heavy atom. The van der Waals surface area contributed by atoms with E-state index in [0.717, 1.165) is 17.5 Å². The number of hydrogen-bond donors (Lipinski definition) is 3. The quantitative estimate of drug-likeness (QED) is 0.292. The van der Waals surface area contributed by atoms with Gasteiger partial charge in [-0.1, -0.05) is 64.5 Å². The summed E-state index contributed by atoms with van der Waals surface area (Å²) in [7, 11) is 0. The molecule has 3 amide bonds. The zero-order chi connectivity index (χ0) is 27.0. The standard InChI is InChI=1S/C28H28BrFN2O5S/c29-22-11-12-25(30)24(14-22)28(38-32-27(35)31-26(34)20-9-5-2-6-10-20)18-37-23(13-21(28)15-33)17-36-16-19-7-3-1-4-8-19/h1-12,14,21,23,33H,13,15-18H2,(H2,31,32,34,35)/t21-,23-,28+/m1/s1. The van der Waals surface area contributed by atoms with Crippen LogP contribution in [0.2, 0.25) is 0 Å². The van der Waals surface area contributed by atoms with Gasteiger partial charge in [-0.2, -0.15) is 0 Å². The van der Waals surface area contributed by atoms with Gasteiger partial charge in [-0.3, -0.25) is 14.8 Å². The van der Waals surface area contributed by atoms with Gasteiger partial charge in [-0.25, -0.2) is 9.18 Å². The van der Waals surface area contributed by atoms with E-state index in [2.05, 4.69) is 26.0 Å². The van der Waals surface area contributed by atoms with Crippen molar-refractivity contribution in [3.05, 3.63) is 106 Å². The molecule has 200 valence electrons. The van der Waals surface area contributed by atoms with E-state index in [-0.39, 0.29) is 24.9 Å². The van der Waals surface area contributed by atoms with Crippen molar-refractivity contribution in [3.63, 3.8) is 0 Å². The summed E-state index contributed by atoms with van der Waals surface area (Å²) in [4.78, 5) is 25.0. The first kappa shape index (κ1) is 28.3. The summed E-state index contributed by atoms with van der Waals surface area (Å²) in [6.07, 6.45) is 0.0459. The number of carbonyl (C=O) groups is 2. The lowest BCUT2D eigenvalue weighted by Crippen LogP contribution is -2.50. The van der Waals surface area contributed by atoms with Gasteiger partial charge in [0.15, 0.2) is 0 Å². The van der Waals surface area contributed by atoms with Crippen molar-refractivity contribution < 1.29 is 28.6 Å². The maximum Gasteiger partial charge on any atom is 0.331 e. The Balaban J connectivity index is 1.47. The number of carbonyl (C=O) groups excluding carboxylic acids is 2. The van der Waals surface area contributed by atoms with Crippen molar-refractivity contribution in [2.24, 2.45) is 5.92 Å². The minimum absolute atomic E-state index is 0.00252. The Bertz CT molecular complexity index is 1240. The van der Waals surface area contributed by atoms with E-state index in [0.29, 0.717) is 29.7 Å². The number of nitrogens with one attached hydrogen (secondary N) is 2. The molecule has 3 N–H and O–H groups in total. The average Bonchev–Trinajstić information content (AvgIpc) is 2.94. The summed E-state index contributed by atoms with van der Waals surface area (Å²) in [5.74, 6) is -1.55. The molecule has 3 aromatic rings. The fraction of sp³-hybridized carbons (Fsp3) is 0.286. The molecule has 3 atom stereocenters. The number of imide groups is 1. The molecule has 0 radical (unpaired) electrons. The van der Waals surface area contributed by atoms with E-state index in [1.807, 2.05) is 30.3 Å². The van der Waals surface area contributed by atoms with E-state index in [4.69, 9.17) is 9.47 Å². The molecule has 0 aromatic heterocycles. The van der Waals surface area contributed by atoms with Gasteiger partial charge >= 0.3 is 6.03 Å². The first-order valence-electron chi connectivity index (χ1n) is 12.1. The van der Waals surface area contributed by atoms with Gasteiger partial charge in [0.25, 0.3) is 5.91 Å². The first-order valence-corrected chi connectivity index (χ1v) is 13.7.